The summed E-state index contributed by atoms with van der Waals surface area (Å²) < 4.78 is 17.6. The molecule has 1 fully saturated rings. The van der Waals surface area contributed by atoms with Gasteiger partial charge in [-0.25, -0.2) is 0 Å². The number of fused-ring (bicyclic) bond motifs is 1. The Morgan fingerprint density at radius 3 is 2.66 bits per heavy atom. The normalized spacial score (nSPS) is 21.9. The van der Waals surface area contributed by atoms with Crippen molar-refractivity contribution < 1.29 is 14.2 Å². The Bertz CT molecular complexity index is 825. The van der Waals surface area contributed by atoms with E-state index in [9.17, 15) is 0 Å². The number of benzene rings is 2. The summed E-state index contributed by atoms with van der Waals surface area (Å²) in [7, 11) is 1.78. The molecule has 0 amide bonds. The maximum Gasteiger partial charge on any atom is 0.195 e. The molecule has 2 N–H and O–H groups in total. The van der Waals surface area contributed by atoms with Crippen molar-refractivity contribution in [1.82, 2.24) is 5.32 Å². The second-order valence-corrected chi connectivity index (χ2v) is 7.39. The van der Waals surface area contributed by atoms with Crippen molar-refractivity contribution in [2.24, 2.45) is 10.9 Å². The number of anilines is 1. The highest BCUT2D eigenvalue weighted by Gasteiger charge is 2.27. The lowest BCUT2D eigenvalue weighted by atomic mass is 9.89. The largest absolute Gasteiger partial charge is 0.490 e. The standard InChI is InChI=1S/C23H29N3O3/c1-24-23(26-19-10-11-20-21(15-19)28-14-6-13-27-20)25-16-18-9-5-12-29-22(18)17-7-3-2-4-8-17/h2-4,7-8,10-11,15,18,22H,5-6,9,12-14,16H2,1H3,(H2,24,25,26). The molecule has 2 unspecified atom stereocenters. The maximum atomic E-state index is 6.10. The van der Waals surface area contributed by atoms with E-state index in [1.807, 2.05) is 24.3 Å². The summed E-state index contributed by atoms with van der Waals surface area (Å²) in [6, 6.07) is 16.4. The molecule has 6 nitrogen and oxygen atoms in total. The van der Waals surface area contributed by atoms with Gasteiger partial charge in [0.2, 0.25) is 0 Å². The summed E-state index contributed by atoms with van der Waals surface area (Å²) in [5.74, 6) is 2.69. The summed E-state index contributed by atoms with van der Waals surface area (Å²) in [6.45, 7) is 2.98. The van der Waals surface area contributed by atoms with Crippen molar-refractivity contribution in [1.29, 1.82) is 0 Å². The zero-order valence-electron chi connectivity index (χ0n) is 16.9. The zero-order chi connectivity index (χ0) is 19.9. The van der Waals surface area contributed by atoms with Gasteiger partial charge in [-0.3, -0.25) is 4.99 Å². The zero-order valence-corrected chi connectivity index (χ0v) is 16.9. The quantitative estimate of drug-likeness (QED) is 0.605. The molecule has 0 aliphatic carbocycles. The second kappa shape index (κ2) is 9.65. The summed E-state index contributed by atoms with van der Waals surface area (Å²) in [5, 5.41) is 6.82. The third kappa shape index (κ3) is 5.01. The number of nitrogens with one attached hydrogen (secondary N) is 2. The SMILES string of the molecule is CN=C(NCC1CCCOC1c1ccccc1)Nc1ccc2c(c1)OCCCO2. The molecule has 1 saturated heterocycles. The molecule has 29 heavy (non-hydrogen) atoms. The average Bonchev–Trinajstić information content (AvgIpc) is 3.02. The van der Waals surface area contributed by atoms with Crippen molar-refractivity contribution in [2.75, 3.05) is 38.7 Å². The van der Waals surface area contributed by atoms with E-state index >= 15 is 0 Å². The summed E-state index contributed by atoms with van der Waals surface area (Å²) in [5.41, 5.74) is 2.16. The van der Waals surface area contributed by atoms with Crippen LogP contribution in [0.15, 0.2) is 53.5 Å². The van der Waals surface area contributed by atoms with Crippen LogP contribution < -0.4 is 20.1 Å². The van der Waals surface area contributed by atoms with Crippen molar-refractivity contribution in [3.8, 4) is 11.5 Å². The van der Waals surface area contributed by atoms with Crippen LogP contribution in [0.25, 0.3) is 0 Å². The van der Waals surface area contributed by atoms with Gasteiger partial charge >= 0.3 is 0 Å². The minimum Gasteiger partial charge on any atom is -0.490 e. The molecule has 0 saturated carbocycles. The maximum absolute atomic E-state index is 6.10. The predicted octanol–water partition coefficient (Wildman–Crippen LogP) is 4.00. The number of aliphatic imine (C=N–C) groups is 1. The number of hydrogen-bond donors (Lipinski definition) is 2. The van der Waals surface area contributed by atoms with Crippen LogP contribution in [0.2, 0.25) is 0 Å². The van der Waals surface area contributed by atoms with Gasteiger partial charge in [-0.2, -0.15) is 0 Å². The van der Waals surface area contributed by atoms with E-state index in [1.165, 1.54) is 5.56 Å². The van der Waals surface area contributed by atoms with Crippen molar-refractivity contribution in [2.45, 2.75) is 25.4 Å². The third-order valence-corrected chi connectivity index (χ3v) is 5.34. The fourth-order valence-electron chi connectivity index (χ4n) is 3.85. The molecular weight excluding hydrogens is 366 g/mol. The summed E-state index contributed by atoms with van der Waals surface area (Å²) in [6.07, 6.45) is 3.23. The molecule has 154 valence electrons. The van der Waals surface area contributed by atoms with Crippen LogP contribution >= 0.6 is 0 Å². The van der Waals surface area contributed by atoms with Gasteiger partial charge < -0.3 is 24.8 Å². The van der Waals surface area contributed by atoms with Crippen molar-refractivity contribution in [3.63, 3.8) is 0 Å². The van der Waals surface area contributed by atoms with Gasteiger partial charge in [-0.05, 0) is 30.5 Å². The van der Waals surface area contributed by atoms with Crippen LogP contribution in [0.1, 0.15) is 30.9 Å². The van der Waals surface area contributed by atoms with E-state index in [0.717, 1.165) is 55.6 Å². The highest BCUT2D eigenvalue weighted by Crippen LogP contribution is 2.34. The molecular formula is C23H29N3O3. The van der Waals surface area contributed by atoms with E-state index in [-0.39, 0.29) is 6.10 Å². The van der Waals surface area contributed by atoms with Crippen LogP contribution in [-0.4, -0.2) is 39.4 Å². The molecule has 2 atom stereocenters. The Balaban J connectivity index is 1.38. The molecule has 0 aromatic heterocycles. The van der Waals surface area contributed by atoms with Gasteiger partial charge in [0.05, 0.1) is 19.3 Å². The molecule has 2 aliphatic rings. The Morgan fingerprint density at radius 2 is 1.83 bits per heavy atom. The lowest BCUT2D eigenvalue weighted by Crippen LogP contribution is -2.38. The van der Waals surface area contributed by atoms with Crippen molar-refractivity contribution in [3.05, 3.63) is 54.1 Å². The van der Waals surface area contributed by atoms with Crippen LogP contribution in [0.4, 0.5) is 5.69 Å². The monoisotopic (exact) mass is 395 g/mol. The van der Waals surface area contributed by atoms with Crippen LogP contribution in [-0.2, 0) is 4.74 Å². The van der Waals surface area contributed by atoms with Gasteiger partial charge in [0, 0.05) is 44.3 Å². The third-order valence-electron chi connectivity index (χ3n) is 5.34. The van der Waals surface area contributed by atoms with E-state index in [2.05, 4.69) is 39.9 Å². The molecule has 0 radical (unpaired) electrons. The highest BCUT2D eigenvalue weighted by atomic mass is 16.5. The topological polar surface area (TPSA) is 64.1 Å². The average molecular weight is 396 g/mol. The molecule has 0 bridgehead atoms. The number of rotatable bonds is 4. The molecule has 2 aromatic rings. The molecule has 2 aromatic carbocycles. The number of nitrogens with zero attached hydrogens (tertiary/aromatic N) is 1. The van der Waals surface area contributed by atoms with E-state index in [4.69, 9.17) is 14.2 Å². The summed E-state index contributed by atoms with van der Waals surface area (Å²) in [4.78, 5) is 4.38. The number of hydrogen-bond acceptors (Lipinski definition) is 4. The van der Waals surface area contributed by atoms with E-state index < -0.39 is 0 Å². The first-order valence-electron chi connectivity index (χ1n) is 10.4. The number of ether oxygens (including phenoxy) is 3. The fraction of sp³-hybridized carbons (Fsp3) is 0.435. The first-order valence-corrected chi connectivity index (χ1v) is 10.4. The van der Waals surface area contributed by atoms with E-state index in [0.29, 0.717) is 19.1 Å². The Kier molecular flexibility index (Phi) is 6.52. The molecule has 2 aliphatic heterocycles. The predicted molar refractivity (Wildman–Crippen MR) is 115 cm³/mol. The Labute approximate surface area is 172 Å². The van der Waals surface area contributed by atoms with Crippen LogP contribution in [0.5, 0.6) is 11.5 Å². The number of guanidine groups is 1. The van der Waals surface area contributed by atoms with Crippen molar-refractivity contribution >= 4 is 11.6 Å². The van der Waals surface area contributed by atoms with Gasteiger partial charge in [0.1, 0.15) is 0 Å². The first kappa shape index (κ1) is 19.6. The van der Waals surface area contributed by atoms with Gasteiger partial charge in [0.15, 0.2) is 17.5 Å². The first-order chi connectivity index (χ1) is 14.3. The van der Waals surface area contributed by atoms with Crippen LogP contribution in [0.3, 0.4) is 0 Å². The minimum atomic E-state index is 0.119. The van der Waals surface area contributed by atoms with Gasteiger partial charge in [-0.1, -0.05) is 30.3 Å². The lowest BCUT2D eigenvalue weighted by Gasteiger charge is -2.32. The lowest BCUT2D eigenvalue weighted by molar-refractivity contribution is -0.0264. The Morgan fingerprint density at radius 1 is 1.00 bits per heavy atom. The molecule has 4 rings (SSSR count). The Hall–Kier alpha value is -2.73. The van der Waals surface area contributed by atoms with Crippen LogP contribution in [0, 0.1) is 5.92 Å². The fourth-order valence-corrected chi connectivity index (χ4v) is 3.85. The highest BCUT2D eigenvalue weighted by molar-refractivity contribution is 5.93. The van der Waals surface area contributed by atoms with Gasteiger partial charge in [-0.15, -0.1) is 0 Å². The smallest absolute Gasteiger partial charge is 0.195 e. The van der Waals surface area contributed by atoms with E-state index in [1.54, 1.807) is 7.05 Å². The van der Waals surface area contributed by atoms with Gasteiger partial charge in [0.25, 0.3) is 0 Å². The molecule has 0 spiro atoms. The molecule has 6 heteroatoms. The molecule has 2 heterocycles. The second-order valence-electron chi connectivity index (χ2n) is 7.39. The minimum absolute atomic E-state index is 0.119. The summed E-state index contributed by atoms with van der Waals surface area (Å²) >= 11 is 0.